The minimum atomic E-state index is -0.483. The van der Waals surface area contributed by atoms with E-state index in [1.54, 1.807) is 6.26 Å². The molecule has 1 aliphatic rings. The number of primary amides is 1. The van der Waals surface area contributed by atoms with Crippen molar-refractivity contribution in [3.05, 3.63) is 47.9 Å². The highest BCUT2D eigenvalue weighted by Gasteiger charge is 2.20. The minimum Gasteiger partial charge on any atom is -0.484 e. The number of nitrogens with one attached hydrogen (secondary N) is 1. The SMILES string of the molecule is CCNC(=NCCc1ccc(OCC(N)=O)cc1)N1CCN(Cc2ccon2)CC1. The zero-order valence-corrected chi connectivity index (χ0v) is 17.4. The number of aliphatic imine (C=N–C) groups is 1. The zero-order valence-electron chi connectivity index (χ0n) is 17.4. The van der Waals surface area contributed by atoms with Crippen LogP contribution in [0.15, 0.2) is 46.1 Å². The molecule has 1 fully saturated rings. The lowest BCUT2D eigenvalue weighted by atomic mass is 10.1. The Hall–Kier alpha value is -3.07. The number of nitrogens with two attached hydrogens (primary N) is 1. The van der Waals surface area contributed by atoms with Gasteiger partial charge in [0.2, 0.25) is 0 Å². The molecule has 162 valence electrons. The molecule has 1 saturated heterocycles. The number of guanidine groups is 1. The summed E-state index contributed by atoms with van der Waals surface area (Å²) >= 11 is 0. The van der Waals surface area contributed by atoms with Gasteiger partial charge in [0, 0.05) is 51.9 Å². The molecule has 1 aromatic heterocycles. The largest absolute Gasteiger partial charge is 0.484 e. The number of nitrogens with zero attached hydrogens (tertiary/aromatic N) is 4. The molecule has 3 N–H and O–H groups in total. The molecule has 9 nitrogen and oxygen atoms in total. The first-order chi connectivity index (χ1) is 14.6. The van der Waals surface area contributed by atoms with Crippen LogP contribution >= 0.6 is 0 Å². The standard InChI is InChI=1S/C21H30N6O3/c1-2-23-21(27-12-10-26(11-13-27)15-18-8-14-30-25-18)24-9-7-17-3-5-19(6-4-17)29-16-20(22)28/h3-6,8,14H,2,7,9-13,15-16H2,1H3,(H2,22,28)(H,23,24). The van der Waals surface area contributed by atoms with E-state index in [4.69, 9.17) is 20.0 Å². The fourth-order valence-electron chi connectivity index (χ4n) is 3.29. The van der Waals surface area contributed by atoms with Crippen molar-refractivity contribution in [3.63, 3.8) is 0 Å². The van der Waals surface area contributed by atoms with Gasteiger partial charge in [-0.15, -0.1) is 0 Å². The first-order valence-electron chi connectivity index (χ1n) is 10.3. The topological polar surface area (TPSA) is 109 Å². The summed E-state index contributed by atoms with van der Waals surface area (Å²) in [5.74, 6) is 1.11. The van der Waals surface area contributed by atoms with Crippen molar-refractivity contribution in [2.24, 2.45) is 10.7 Å². The van der Waals surface area contributed by atoms with Crippen LogP contribution in [0.1, 0.15) is 18.2 Å². The Bertz CT molecular complexity index is 799. The molecule has 0 bridgehead atoms. The van der Waals surface area contributed by atoms with Crippen molar-refractivity contribution in [2.75, 3.05) is 45.9 Å². The average Bonchev–Trinajstić information content (AvgIpc) is 3.26. The van der Waals surface area contributed by atoms with Gasteiger partial charge in [0.05, 0.1) is 5.69 Å². The molecule has 3 rings (SSSR count). The highest BCUT2D eigenvalue weighted by molar-refractivity contribution is 5.80. The Balaban J connectivity index is 1.46. The Morgan fingerprint density at radius 3 is 2.63 bits per heavy atom. The third kappa shape index (κ3) is 6.77. The molecule has 0 atom stereocenters. The van der Waals surface area contributed by atoms with Crippen molar-refractivity contribution < 1.29 is 14.1 Å². The molecule has 0 spiro atoms. The van der Waals surface area contributed by atoms with E-state index in [2.05, 4.69) is 27.2 Å². The number of carbonyl (C=O) groups excluding carboxylic acids is 1. The second-order valence-electron chi connectivity index (χ2n) is 7.14. The summed E-state index contributed by atoms with van der Waals surface area (Å²) in [6.07, 6.45) is 2.44. The number of carbonyl (C=O) groups is 1. The van der Waals surface area contributed by atoms with Crippen LogP contribution in [0.3, 0.4) is 0 Å². The molecule has 1 aliphatic heterocycles. The summed E-state index contributed by atoms with van der Waals surface area (Å²) in [6.45, 7) is 8.10. The van der Waals surface area contributed by atoms with Gasteiger partial charge in [-0.25, -0.2) is 0 Å². The molecule has 2 heterocycles. The van der Waals surface area contributed by atoms with Crippen molar-refractivity contribution in [3.8, 4) is 5.75 Å². The quantitative estimate of drug-likeness (QED) is 0.463. The lowest BCUT2D eigenvalue weighted by molar-refractivity contribution is -0.119. The Labute approximate surface area is 176 Å². The summed E-state index contributed by atoms with van der Waals surface area (Å²) in [6, 6.07) is 9.58. The first-order valence-corrected chi connectivity index (χ1v) is 10.3. The summed E-state index contributed by atoms with van der Waals surface area (Å²) < 4.78 is 10.2. The molecule has 30 heavy (non-hydrogen) atoms. The third-order valence-corrected chi connectivity index (χ3v) is 4.85. The number of hydrogen-bond acceptors (Lipinski definition) is 6. The molecule has 0 aliphatic carbocycles. The summed E-state index contributed by atoms with van der Waals surface area (Å²) in [7, 11) is 0. The minimum absolute atomic E-state index is 0.110. The number of rotatable bonds is 9. The maximum Gasteiger partial charge on any atom is 0.255 e. The number of amides is 1. The molecule has 1 aromatic carbocycles. The average molecular weight is 415 g/mol. The number of hydrogen-bond donors (Lipinski definition) is 2. The number of ether oxygens (including phenoxy) is 1. The van der Waals surface area contributed by atoms with Crippen LogP contribution < -0.4 is 15.8 Å². The van der Waals surface area contributed by atoms with Gasteiger partial charge in [0.1, 0.15) is 12.0 Å². The summed E-state index contributed by atoms with van der Waals surface area (Å²) in [4.78, 5) is 20.3. The Morgan fingerprint density at radius 2 is 2.00 bits per heavy atom. The molecule has 0 saturated carbocycles. The normalized spacial score (nSPS) is 15.2. The molecule has 0 unspecified atom stereocenters. The van der Waals surface area contributed by atoms with E-state index < -0.39 is 5.91 Å². The van der Waals surface area contributed by atoms with Crippen LogP contribution in [0.2, 0.25) is 0 Å². The maximum atomic E-state index is 10.8. The molecule has 1 amide bonds. The maximum absolute atomic E-state index is 10.8. The van der Waals surface area contributed by atoms with Gasteiger partial charge >= 0.3 is 0 Å². The van der Waals surface area contributed by atoms with Gasteiger partial charge in [0.25, 0.3) is 5.91 Å². The zero-order chi connectivity index (χ0) is 21.2. The van der Waals surface area contributed by atoms with Crippen LogP contribution in [0.4, 0.5) is 0 Å². The predicted molar refractivity (Wildman–Crippen MR) is 114 cm³/mol. The van der Waals surface area contributed by atoms with E-state index in [0.717, 1.165) is 57.3 Å². The molecular formula is C21H30N6O3. The van der Waals surface area contributed by atoms with Gasteiger partial charge in [0.15, 0.2) is 12.6 Å². The fraction of sp³-hybridized carbons (Fsp3) is 0.476. The lowest BCUT2D eigenvalue weighted by Gasteiger charge is -2.36. The van der Waals surface area contributed by atoms with Crippen molar-refractivity contribution >= 4 is 11.9 Å². The Kier molecular flexibility index (Phi) is 8.08. The fourth-order valence-corrected chi connectivity index (χ4v) is 3.29. The van der Waals surface area contributed by atoms with E-state index >= 15 is 0 Å². The second kappa shape index (κ2) is 11.2. The van der Waals surface area contributed by atoms with Gasteiger partial charge < -0.3 is 25.2 Å². The second-order valence-corrected chi connectivity index (χ2v) is 7.14. The lowest BCUT2D eigenvalue weighted by Crippen LogP contribution is -2.52. The van der Waals surface area contributed by atoms with Gasteiger partial charge in [-0.2, -0.15) is 0 Å². The van der Waals surface area contributed by atoms with Crippen molar-refractivity contribution in [2.45, 2.75) is 19.9 Å². The highest BCUT2D eigenvalue weighted by Crippen LogP contribution is 2.13. The number of aromatic nitrogens is 1. The Morgan fingerprint density at radius 1 is 1.23 bits per heavy atom. The monoisotopic (exact) mass is 414 g/mol. The molecular weight excluding hydrogens is 384 g/mol. The van der Waals surface area contributed by atoms with Gasteiger partial charge in [-0.3, -0.25) is 14.7 Å². The van der Waals surface area contributed by atoms with E-state index in [1.165, 1.54) is 5.56 Å². The summed E-state index contributed by atoms with van der Waals surface area (Å²) in [5, 5.41) is 7.39. The third-order valence-electron chi connectivity index (χ3n) is 4.85. The molecule has 0 radical (unpaired) electrons. The van der Waals surface area contributed by atoms with Crippen LogP contribution in [0.25, 0.3) is 0 Å². The van der Waals surface area contributed by atoms with Crippen molar-refractivity contribution in [1.29, 1.82) is 0 Å². The number of benzene rings is 1. The molecule has 9 heteroatoms. The smallest absolute Gasteiger partial charge is 0.255 e. The highest BCUT2D eigenvalue weighted by atomic mass is 16.5. The van der Waals surface area contributed by atoms with Crippen LogP contribution in [0.5, 0.6) is 5.75 Å². The predicted octanol–water partition coefficient (Wildman–Crippen LogP) is 0.865. The van der Waals surface area contributed by atoms with Gasteiger partial charge in [-0.1, -0.05) is 17.3 Å². The van der Waals surface area contributed by atoms with E-state index in [0.29, 0.717) is 12.3 Å². The van der Waals surface area contributed by atoms with Crippen LogP contribution in [-0.4, -0.2) is 72.7 Å². The van der Waals surface area contributed by atoms with Crippen LogP contribution in [0, 0.1) is 0 Å². The van der Waals surface area contributed by atoms with E-state index in [9.17, 15) is 4.79 Å². The van der Waals surface area contributed by atoms with Crippen LogP contribution in [-0.2, 0) is 17.8 Å². The van der Waals surface area contributed by atoms with E-state index in [-0.39, 0.29) is 6.61 Å². The van der Waals surface area contributed by atoms with Crippen molar-refractivity contribution in [1.82, 2.24) is 20.3 Å². The van der Waals surface area contributed by atoms with Gasteiger partial charge in [-0.05, 0) is 31.0 Å². The van der Waals surface area contributed by atoms with E-state index in [1.807, 2.05) is 30.3 Å². The number of piperazine rings is 1. The first kappa shape index (κ1) is 21.6. The summed E-state index contributed by atoms with van der Waals surface area (Å²) in [5.41, 5.74) is 7.22. The molecule has 2 aromatic rings.